The molecule has 0 aliphatic heterocycles. The third-order valence-corrected chi connectivity index (χ3v) is 4.94. The third-order valence-electron chi connectivity index (χ3n) is 4.94. The van der Waals surface area contributed by atoms with Crippen molar-refractivity contribution < 1.29 is 0 Å². The molecule has 0 aliphatic carbocycles. The number of rotatable bonds is 12. The van der Waals surface area contributed by atoms with Gasteiger partial charge in [-0.15, -0.1) is 0 Å². The summed E-state index contributed by atoms with van der Waals surface area (Å²) in [4.78, 5) is 0. The summed E-state index contributed by atoms with van der Waals surface area (Å²) in [5, 5.41) is 13.8. The summed E-state index contributed by atoms with van der Waals surface area (Å²) in [6.45, 7) is 16.6. The second kappa shape index (κ2) is 14.8. The Kier molecular flexibility index (Phi) is 12.5. The van der Waals surface area contributed by atoms with E-state index in [0.29, 0.717) is 5.57 Å². The molecule has 0 amide bonds. The molecule has 0 saturated heterocycles. The van der Waals surface area contributed by atoms with Crippen LogP contribution in [0.1, 0.15) is 78.5 Å². The molecule has 170 valence electrons. The largest absolute Gasteiger partial charge is 0.242 e. The van der Waals surface area contributed by atoms with Crippen LogP contribution in [0.3, 0.4) is 0 Å². The van der Waals surface area contributed by atoms with Crippen molar-refractivity contribution in [2.45, 2.75) is 73.6 Å². The number of aromatic nitrogens is 2. The first-order valence-corrected chi connectivity index (χ1v) is 11.5. The van der Waals surface area contributed by atoms with Crippen LogP contribution < -0.4 is 0 Å². The predicted octanol–water partition coefficient (Wildman–Crippen LogP) is 8.37. The molecular weight excluding hydrogens is 390 g/mol. The summed E-state index contributed by atoms with van der Waals surface area (Å²) in [6, 6.07) is 2.15. The van der Waals surface area contributed by atoms with Crippen LogP contribution >= 0.6 is 0 Å². The molecule has 3 heteroatoms. The van der Waals surface area contributed by atoms with Gasteiger partial charge in [-0.1, -0.05) is 75.0 Å². The van der Waals surface area contributed by atoms with Gasteiger partial charge in [0.05, 0.1) is 23.5 Å². The lowest BCUT2D eigenvalue weighted by Gasteiger charge is -2.09. The maximum absolute atomic E-state index is 9.24. The molecule has 0 unspecified atom stereocenters. The van der Waals surface area contributed by atoms with Gasteiger partial charge in [-0.2, -0.15) is 10.4 Å². The van der Waals surface area contributed by atoms with Crippen molar-refractivity contribution in [3.8, 4) is 6.07 Å². The van der Waals surface area contributed by atoms with Gasteiger partial charge in [0, 0.05) is 11.3 Å². The SMILES string of the molecule is C=C(C#N)c1cnn(/C(C)=C/C=C\CC(=C/CC)/C(C=C(C)C)=C/C/C=C\C)c1CCC. The van der Waals surface area contributed by atoms with E-state index in [9.17, 15) is 5.26 Å². The van der Waals surface area contributed by atoms with Crippen molar-refractivity contribution in [1.82, 2.24) is 9.78 Å². The standard InChI is InChI=1S/C29H39N3/c1-8-11-12-19-27(20-23(4)5)26(15-9-2)18-14-13-17-25(7)32-29(16-10-3)28(22-31-32)24(6)21-30/h8,11,13-15,17,19-20,22H,6,9-10,12,16,18H2,1-5,7H3/b11-8-,14-13-,25-17+,26-15-,27-19+. The smallest absolute Gasteiger partial charge is 0.0992 e. The highest BCUT2D eigenvalue weighted by atomic mass is 15.3. The van der Waals surface area contributed by atoms with Crippen molar-refractivity contribution in [2.24, 2.45) is 0 Å². The fraction of sp³-hybridized carbons (Fsp3) is 0.379. The number of hydrogen-bond acceptors (Lipinski definition) is 2. The molecule has 0 N–H and O–H groups in total. The lowest BCUT2D eigenvalue weighted by molar-refractivity contribution is 0.783. The van der Waals surface area contributed by atoms with Crippen molar-refractivity contribution in [3.63, 3.8) is 0 Å². The van der Waals surface area contributed by atoms with Crippen molar-refractivity contribution in [3.05, 3.63) is 89.4 Å². The summed E-state index contributed by atoms with van der Waals surface area (Å²) < 4.78 is 1.93. The number of nitriles is 1. The fourth-order valence-electron chi connectivity index (χ4n) is 3.43. The molecule has 0 atom stereocenters. The maximum Gasteiger partial charge on any atom is 0.0992 e. The van der Waals surface area contributed by atoms with E-state index in [-0.39, 0.29) is 0 Å². The monoisotopic (exact) mass is 429 g/mol. The molecule has 1 heterocycles. The van der Waals surface area contributed by atoms with Crippen molar-refractivity contribution >= 4 is 11.3 Å². The minimum absolute atomic E-state index is 0.467. The molecular formula is C29H39N3. The van der Waals surface area contributed by atoms with E-state index in [1.807, 2.05) is 11.6 Å². The Bertz CT molecular complexity index is 978. The molecule has 0 fully saturated rings. The summed E-state index contributed by atoms with van der Waals surface area (Å²) >= 11 is 0. The average molecular weight is 430 g/mol. The van der Waals surface area contributed by atoms with E-state index in [4.69, 9.17) is 0 Å². The van der Waals surface area contributed by atoms with Gasteiger partial charge in [0.2, 0.25) is 0 Å². The number of nitrogens with zero attached hydrogens (tertiary/aromatic N) is 3. The highest BCUT2D eigenvalue weighted by Gasteiger charge is 2.13. The highest BCUT2D eigenvalue weighted by molar-refractivity contribution is 5.76. The maximum atomic E-state index is 9.24. The van der Waals surface area contributed by atoms with Gasteiger partial charge in [-0.25, -0.2) is 4.68 Å². The fourth-order valence-corrected chi connectivity index (χ4v) is 3.43. The van der Waals surface area contributed by atoms with Crippen LogP contribution in [0.25, 0.3) is 11.3 Å². The Morgan fingerprint density at radius 2 is 1.94 bits per heavy atom. The zero-order chi connectivity index (χ0) is 23.9. The van der Waals surface area contributed by atoms with Crippen LogP contribution in [0.4, 0.5) is 0 Å². The van der Waals surface area contributed by atoms with Crippen molar-refractivity contribution in [2.75, 3.05) is 0 Å². The lowest BCUT2D eigenvalue weighted by atomic mass is 9.98. The molecule has 0 bridgehead atoms. The molecule has 1 aromatic rings. The van der Waals surface area contributed by atoms with E-state index in [2.05, 4.69) is 101 Å². The molecule has 0 aliphatic rings. The van der Waals surface area contributed by atoms with E-state index >= 15 is 0 Å². The first-order chi connectivity index (χ1) is 15.4. The quantitative estimate of drug-likeness (QED) is 0.190. The van der Waals surface area contributed by atoms with Crippen LogP contribution in [0.15, 0.2) is 78.1 Å². The van der Waals surface area contributed by atoms with E-state index in [0.717, 1.165) is 49.1 Å². The third kappa shape index (κ3) is 8.55. The van der Waals surface area contributed by atoms with Gasteiger partial charge >= 0.3 is 0 Å². The molecule has 3 nitrogen and oxygen atoms in total. The molecule has 32 heavy (non-hydrogen) atoms. The van der Waals surface area contributed by atoms with Gasteiger partial charge < -0.3 is 0 Å². The number of hydrogen-bond donors (Lipinski definition) is 0. The van der Waals surface area contributed by atoms with Gasteiger partial charge in [-0.05, 0) is 70.6 Å². The van der Waals surface area contributed by atoms with Crippen LogP contribution in [0.2, 0.25) is 0 Å². The van der Waals surface area contributed by atoms with Crippen LogP contribution in [0, 0.1) is 11.3 Å². The normalized spacial score (nSPS) is 13.1. The van der Waals surface area contributed by atoms with Gasteiger partial charge in [0.25, 0.3) is 0 Å². The summed E-state index contributed by atoms with van der Waals surface area (Å²) in [5.74, 6) is 0. The zero-order valence-corrected chi connectivity index (χ0v) is 20.8. The highest BCUT2D eigenvalue weighted by Crippen LogP contribution is 2.22. The number of allylic oxidation sites excluding steroid dienone is 13. The van der Waals surface area contributed by atoms with Crippen molar-refractivity contribution in [1.29, 1.82) is 5.26 Å². The Balaban J connectivity index is 3.11. The van der Waals surface area contributed by atoms with Crippen LogP contribution in [-0.2, 0) is 6.42 Å². The van der Waals surface area contributed by atoms with Gasteiger partial charge in [0.1, 0.15) is 0 Å². The van der Waals surface area contributed by atoms with Crippen LogP contribution in [-0.4, -0.2) is 9.78 Å². The Hall–Kier alpha value is -3.12. The van der Waals surface area contributed by atoms with E-state index in [1.54, 1.807) is 6.20 Å². The summed E-state index contributed by atoms with van der Waals surface area (Å²) in [7, 11) is 0. The minimum atomic E-state index is 0.467. The predicted molar refractivity (Wildman–Crippen MR) is 140 cm³/mol. The van der Waals surface area contributed by atoms with Crippen LogP contribution in [0.5, 0.6) is 0 Å². The van der Waals surface area contributed by atoms with E-state index < -0.39 is 0 Å². The lowest BCUT2D eigenvalue weighted by Crippen LogP contribution is -2.03. The molecule has 0 radical (unpaired) electrons. The molecule has 0 saturated carbocycles. The second-order valence-electron chi connectivity index (χ2n) is 8.02. The Morgan fingerprint density at radius 3 is 2.53 bits per heavy atom. The first kappa shape index (κ1) is 26.9. The summed E-state index contributed by atoms with van der Waals surface area (Å²) in [6.07, 6.45) is 23.9. The molecule has 1 aromatic heterocycles. The topological polar surface area (TPSA) is 41.6 Å². The summed E-state index contributed by atoms with van der Waals surface area (Å²) in [5.41, 5.74) is 7.33. The van der Waals surface area contributed by atoms with E-state index in [1.165, 1.54) is 16.7 Å². The second-order valence-corrected chi connectivity index (χ2v) is 8.02. The zero-order valence-electron chi connectivity index (χ0n) is 20.8. The van der Waals surface area contributed by atoms with Gasteiger partial charge in [0.15, 0.2) is 0 Å². The average Bonchev–Trinajstić information content (AvgIpc) is 3.18. The minimum Gasteiger partial charge on any atom is -0.242 e. The van der Waals surface area contributed by atoms with Gasteiger partial charge in [-0.3, -0.25) is 0 Å². The first-order valence-electron chi connectivity index (χ1n) is 11.5. The molecule has 0 spiro atoms. The Morgan fingerprint density at radius 1 is 1.19 bits per heavy atom. The Labute approximate surface area is 195 Å². The molecule has 0 aromatic carbocycles. The molecule has 1 rings (SSSR count).